The zero-order valence-electron chi connectivity index (χ0n) is 12.3. The van der Waals surface area contributed by atoms with E-state index in [0.29, 0.717) is 28.3 Å². The average Bonchev–Trinajstić information content (AvgIpc) is 2.53. The van der Waals surface area contributed by atoms with Crippen LogP contribution in [0.5, 0.6) is 0 Å². The lowest BCUT2D eigenvalue weighted by Crippen LogP contribution is -2.04. The third-order valence-electron chi connectivity index (χ3n) is 3.44. The number of hydrogen-bond donors (Lipinski definition) is 1. The van der Waals surface area contributed by atoms with E-state index < -0.39 is 9.84 Å². The summed E-state index contributed by atoms with van der Waals surface area (Å²) in [7, 11) is -3.29. The summed E-state index contributed by atoms with van der Waals surface area (Å²) >= 11 is 6.14. The predicted molar refractivity (Wildman–Crippen MR) is 91.4 cm³/mol. The molecule has 5 nitrogen and oxygen atoms in total. The van der Waals surface area contributed by atoms with Crippen LogP contribution in [0.4, 0.5) is 5.82 Å². The minimum Gasteiger partial charge on any atom is -0.365 e. The molecular formula is C16H14ClN3O2S. The molecule has 0 bridgehead atoms. The number of hydrogen-bond acceptors (Lipinski definition) is 5. The number of halogens is 1. The van der Waals surface area contributed by atoms with Gasteiger partial charge in [-0.1, -0.05) is 29.8 Å². The van der Waals surface area contributed by atoms with Crippen LogP contribution < -0.4 is 5.32 Å². The maximum atomic E-state index is 11.7. The second-order valence-corrected chi connectivity index (χ2v) is 7.54. The molecule has 3 rings (SSSR count). The molecule has 23 heavy (non-hydrogen) atoms. The van der Waals surface area contributed by atoms with E-state index in [1.165, 1.54) is 12.6 Å². The lowest BCUT2D eigenvalue weighted by Gasteiger charge is -2.10. The molecule has 7 heteroatoms. The Morgan fingerprint density at radius 1 is 1.13 bits per heavy atom. The fraction of sp³-hybridized carbons (Fsp3) is 0.125. The predicted octanol–water partition coefficient (Wildman–Crippen LogP) is 3.30. The minimum atomic E-state index is -3.29. The summed E-state index contributed by atoms with van der Waals surface area (Å²) in [6.07, 6.45) is 2.62. The summed E-state index contributed by atoms with van der Waals surface area (Å²) in [5, 5.41) is 4.51. The molecule has 0 saturated heterocycles. The number of sulfone groups is 1. The summed E-state index contributed by atoms with van der Waals surface area (Å²) in [5.74, 6) is 0.570. The lowest BCUT2D eigenvalue weighted by atomic mass is 10.2. The number of nitrogens with zero attached hydrogens (tertiary/aromatic N) is 2. The summed E-state index contributed by atoms with van der Waals surface area (Å²) in [4.78, 5) is 8.62. The SMILES string of the molecule is CS(=O)(=O)c1ccc2ncnc(NCc3ccccc3Cl)c2c1. The first-order valence-corrected chi connectivity index (χ1v) is 9.14. The van der Waals surface area contributed by atoms with E-state index in [1.54, 1.807) is 18.2 Å². The van der Waals surface area contributed by atoms with Gasteiger partial charge in [-0.05, 0) is 29.8 Å². The van der Waals surface area contributed by atoms with E-state index in [1.807, 2.05) is 24.3 Å². The molecule has 0 unspecified atom stereocenters. The van der Waals surface area contributed by atoms with Crippen molar-refractivity contribution in [1.29, 1.82) is 0 Å². The van der Waals surface area contributed by atoms with Gasteiger partial charge in [0.05, 0.1) is 10.4 Å². The number of fused-ring (bicyclic) bond motifs is 1. The second-order valence-electron chi connectivity index (χ2n) is 5.12. The maximum Gasteiger partial charge on any atom is 0.175 e. The zero-order valence-corrected chi connectivity index (χ0v) is 13.9. The van der Waals surface area contributed by atoms with Gasteiger partial charge in [-0.2, -0.15) is 0 Å². The van der Waals surface area contributed by atoms with E-state index >= 15 is 0 Å². The largest absolute Gasteiger partial charge is 0.365 e. The molecule has 1 aromatic heterocycles. The first kappa shape index (κ1) is 15.7. The number of rotatable bonds is 4. The van der Waals surface area contributed by atoms with Crippen LogP contribution in [0.15, 0.2) is 53.7 Å². The van der Waals surface area contributed by atoms with Gasteiger partial charge >= 0.3 is 0 Å². The van der Waals surface area contributed by atoms with Gasteiger partial charge in [0.15, 0.2) is 9.84 Å². The summed E-state index contributed by atoms with van der Waals surface area (Å²) < 4.78 is 23.5. The Hall–Kier alpha value is -2.18. The minimum absolute atomic E-state index is 0.237. The van der Waals surface area contributed by atoms with Crippen LogP contribution in [0.1, 0.15) is 5.56 Å². The molecule has 1 N–H and O–H groups in total. The van der Waals surface area contributed by atoms with Crippen LogP contribution in [-0.2, 0) is 16.4 Å². The van der Waals surface area contributed by atoms with Crippen molar-refractivity contribution in [2.24, 2.45) is 0 Å². The molecule has 0 amide bonds. The summed E-state index contributed by atoms with van der Waals surface area (Å²) in [5.41, 5.74) is 1.61. The molecule has 1 heterocycles. The summed E-state index contributed by atoms with van der Waals surface area (Å²) in [6, 6.07) is 12.3. The zero-order chi connectivity index (χ0) is 16.4. The van der Waals surface area contributed by atoms with E-state index in [9.17, 15) is 8.42 Å². The highest BCUT2D eigenvalue weighted by molar-refractivity contribution is 7.90. The fourth-order valence-electron chi connectivity index (χ4n) is 2.23. The van der Waals surface area contributed by atoms with Crippen molar-refractivity contribution in [1.82, 2.24) is 9.97 Å². The number of nitrogens with one attached hydrogen (secondary N) is 1. The van der Waals surface area contributed by atoms with Crippen molar-refractivity contribution < 1.29 is 8.42 Å². The third kappa shape index (κ3) is 3.43. The van der Waals surface area contributed by atoms with Crippen molar-refractivity contribution in [2.75, 3.05) is 11.6 Å². The fourth-order valence-corrected chi connectivity index (χ4v) is 3.08. The number of benzene rings is 2. The van der Waals surface area contributed by atoms with Crippen molar-refractivity contribution >= 4 is 38.2 Å². The molecule has 2 aromatic carbocycles. The Balaban J connectivity index is 1.99. The lowest BCUT2D eigenvalue weighted by molar-refractivity contribution is 0.602. The molecular weight excluding hydrogens is 334 g/mol. The quantitative estimate of drug-likeness (QED) is 0.784. The molecule has 0 radical (unpaired) electrons. The van der Waals surface area contributed by atoms with Crippen molar-refractivity contribution in [3.8, 4) is 0 Å². The third-order valence-corrected chi connectivity index (χ3v) is 4.92. The van der Waals surface area contributed by atoms with Gasteiger partial charge < -0.3 is 5.32 Å². The highest BCUT2D eigenvalue weighted by atomic mass is 35.5. The summed E-state index contributed by atoms with van der Waals surface area (Å²) in [6.45, 7) is 0.481. The molecule has 0 aliphatic carbocycles. The van der Waals surface area contributed by atoms with Gasteiger partial charge in [-0.15, -0.1) is 0 Å². The molecule has 0 aliphatic heterocycles. The molecule has 0 saturated carbocycles. The van der Waals surface area contributed by atoms with Crippen molar-refractivity contribution in [2.45, 2.75) is 11.4 Å². The van der Waals surface area contributed by atoms with Gasteiger partial charge in [0.1, 0.15) is 12.1 Å². The first-order chi connectivity index (χ1) is 10.9. The molecule has 0 atom stereocenters. The van der Waals surface area contributed by atoms with E-state index in [2.05, 4.69) is 15.3 Å². The van der Waals surface area contributed by atoms with Gasteiger partial charge in [-0.3, -0.25) is 0 Å². The van der Waals surface area contributed by atoms with Crippen LogP contribution in [0, 0.1) is 0 Å². The van der Waals surface area contributed by atoms with Crippen LogP contribution in [0.25, 0.3) is 10.9 Å². The Labute approximate surface area is 139 Å². The van der Waals surface area contributed by atoms with E-state index in [4.69, 9.17) is 11.6 Å². The smallest absolute Gasteiger partial charge is 0.175 e. The number of aromatic nitrogens is 2. The Kier molecular flexibility index (Phi) is 4.19. The van der Waals surface area contributed by atoms with E-state index in [0.717, 1.165) is 5.56 Å². The molecule has 3 aromatic rings. The first-order valence-electron chi connectivity index (χ1n) is 6.87. The van der Waals surface area contributed by atoms with E-state index in [-0.39, 0.29) is 4.90 Å². The Bertz CT molecular complexity index is 974. The van der Waals surface area contributed by atoms with Crippen LogP contribution >= 0.6 is 11.6 Å². The Morgan fingerprint density at radius 2 is 1.91 bits per heavy atom. The highest BCUT2D eigenvalue weighted by Crippen LogP contribution is 2.24. The average molecular weight is 348 g/mol. The van der Waals surface area contributed by atoms with Gasteiger partial charge in [0.2, 0.25) is 0 Å². The monoisotopic (exact) mass is 347 g/mol. The van der Waals surface area contributed by atoms with Crippen LogP contribution in [0.3, 0.4) is 0 Å². The number of anilines is 1. The van der Waals surface area contributed by atoms with Gasteiger partial charge in [0, 0.05) is 23.2 Å². The Morgan fingerprint density at radius 3 is 2.65 bits per heavy atom. The normalized spacial score (nSPS) is 11.6. The highest BCUT2D eigenvalue weighted by Gasteiger charge is 2.11. The van der Waals surface area contributed by atoms with Crippen molar-refractivity contribution in [3.63, 3.8) is 0 Å². The van der Waals surface area contributed by atoms with Gasteiger partial charge in [-0.25, -0.2) is 18.4 Å². The second kappa shape index (κ2) is 6.14. The molecule has 118 valence electrons. The maximum absolute atomic E-state index is 11.7. The standard InChI is InChI=1S/C16H14ClN3O2S/c1-23(21,22)12-6-7-15-13(8-12)16(20-10-19-15)18-9-11-4-2-3-5-14(11)17/h2-8,10H,9H2,1H3,(H,18,19,20). The molecule has 0 fully saturated rings. The van der Waals surface area contributed by atoms with Gasteiger partial charge in [0.25, 0.3) is 0 Å². The van der Waals surface area contributed by atoms with Crippen LogP contribution in [0.2, 0.25) is 5.02 Å². The van der Waals surface area contributed by atoms with Crippen molar-refractivity contribution in [3.05, 3.63) is 59.4 Å². The topological polar surface area (TPSA) is 72.0 Å². The van der Waals surface area contributed by atoms with Crippen LogP contribution in [-0.4, -0.2) is 24.6 Å². The molecule has 0 aliphatic rings. The molecule has 0 spiro atoms.